The van der Waals surface area contributed by atoms with Crippen molar-refractivity contribution in [3.8, 4) is 0 Å². The van der Waals surface area contributed by atoms with Crippen LogP contribution in [0.25, 0.3) is 0 Å². The summed E-state index contributed by atoms with van der Waals surface area (Å²) in [6, 6.07) is 0. The third-order valence-electron chi connectivity index (χ3n) is 8.58. The predicted molar refractivity (Wildman–Crippen MR) is 178 cm³/mol. The molecular weight excluding hydrogens is 490 g/mol. The van der Waals surface area contributed by atoms with E-state index in [1.165, 1.54) is 173 Å². The Balaban J connectivity index is 3.60. The fourth-order valence-electron chi connectivity index (χ4n) is 5.77. The maximum atomic E-state index is 12.8. The second-order valence-electron chi connectivity index (χ2n) is 12.6. The van der Waals surface area contributed by atoms with Crippen LogP contribution in [-0.4, -0.2) is 30.7 Å². The van der Waals surface area contributed by atoms with Crippen LogP contribution in [0.3, 0.4) is 0 Å². The van der Waals surface area contributed by atoms with Gasteiger partial charge in [0, 0.05) is 19.6 Å². The lowest BCUT2D eigenvalue weighted by Crippen LogP contribution is -2.34. The van der Waals surface area contributed by atoms with Gasteiger partial charge in [0.15, 0.2) is 0 Å². The number of hydrogen-bond donors (Lipinski definition) is 0. The summed E-state index contributed by atoms with van der Waals surface area (Å²) in [5.41, 5.74) is 0. The summed E-state index contributed by atoms with van der Waals surface area (Å²) in [6.07, 6.45) is 40.3. The number of hydrogen-bond acceptors (Lipinski definition) is 2. The highest BCUT2D eigenvalue weighted by Crippen LogP contribution is 2.15. The van der Waals surface area contributed by atoms with Crippen LogP contribution in [0.4, 0.5) is 0 Å². The first kappa shape index (κ1) is 39.4. The molecule has 0 saturated carbocycles. The molecule has 0 bridgehead atoms. The Morgan fingerprint density at radius 2 is 0.725 bits per heavy atom. The number of carbonyl (C=O) groups is 1. The average molecular weight is 566 g/mol. The minimum Gasteiger partial charge on any atom is -0.361 e. The van der Waals surface area contributed by atoms with Gasteiger partial charge >= 0.3 is 0 Å². The summed E-state index contributed by atoms with van der Waals surface area (Å²) in [7, 11) is 0. The molecule has 0 heterocycles. The van der Waals surface area contributed by atoms with Crippen molar-refractivity contribution in [2.24, 2.45) is 0 Å². The number of rotatable bonds is 34. The standard InChI is InChI=1S/C37H75NO2/c1-4-7-9-11-13-15-17-19-20-21-23-25-27-29-31-33-35-38(36-40-6-3)37(39)34-32-30-28-26-24-22-18-16-14-12-10-8-5-2/h4-36H2,1-3H3. The summed E-state index contributed by atoms with van der Waals surface area (Å²) in [4.78, 5) is 14.8. The Bertz CT molecular complexity index is 481. The predicted octanol–water partition coefficient (Wildman–Crippen LogP) is 12.6. The number of nitrogens with zero attached hydrogens (tertiary/aromatic N) is 1. The minimum absolute atomic E-state index is 0.303. The zero-order chi connectivity index (χ0) is 29.2. The van der Waals surface area contributed by atoms with Gasteiger partial charge < -0.3 is 9.64 Å². The lowest BCUT2D eigenvalue weighted by molar-refractivity contribution is -0.136. The summed E-state index contributed by atoms with van der Waals surface area (Å²) < 4.78 is 5.62. The van der Waals surface area contributed by atoms with E-state index in [1.54, 1.807) is 0 Å². The maximum Gasteiger partial charge on any atom is 0.224 e. The summed E-state index contributed by atoms with van der Waals surface area (Å²) >= 11 is 0. The highest BCUT2D eigenvalue weighted by Gasteiger charge is 2.12. The van der Waals surface area contributed by atoms with Gasteiger partial charge in [0.2, 0.25) is 5.91 Å². The Morgan fingerprint density at radius 3 is 1.05 bits per heavy atom. The van der Waals surface area contributed by atoms with Gasteiger partial charge in [-0.05, 0) is 19.8 Å². The van der Waals surface area contributed by atoms with E-state index in [4.69, 9.17) is 4.74 Å². The fourth-order valence-corrected chi connectivity index (χ4v) is 5.77. The highest BCUT2D eigenvalue weighted by molar-refractivity contribution is 5.75. The molecule has 3 heteroatoms. The monoisotopic (exact) mass is 566 g/mol. The van der Waals surface area contributed by atoms with Crippen LogP contribution in [0, 0.1) is 0 Å². The summed E-state index contributed by atoms with van der Waals surface area (Å²) in [6.45, 7) is 8.63. The van der Waals surface area contributed by atoms with E-state index < -0.39 is 0 Å². The van der Waals surface area contributed by atoms with Gasteiger partial charge in [0.05, 0.1) is 0 Å². The molecule has 0 aromatic carbocycles. The van der Waals surface area contributed by atoms with Gasteiger partial charge in [0.25, 0.3) is 0 Å². The lowest BCUT2D eigenvalue weighted by Gasteiger charge is -2.22. The van der Waals surface area contributed by atoms with E-state index in [0.29, 0.717) is 25.7 Å². The first-order valence-corrected chi connectivity index (χ1v) is 18.6. The van der Waals surface area contributed by atoms with Crippen molar-refractivity contribution in [1.29, 1.82) is 0 Å². The molecule has 0 atom stereocenters. The minimum atomic E-state index is 0.303. The van der Waals surface area contributed by atoms with E-state index in [-0.39, 0.29) is 0 Å². The zero-order valence-electron chi connectivity index (χ0n) is 28.1. The van der Waals surface area contributed by atoms with Crippen LogP contribution in [0.5, 0.6) is 0 Å². The number of carbonyl (C=O) groups excluding carboxylic acids is 1. The SMILES string of the molecule is CCCCCCCCCCCCCCCCCCN(COCC)C(=O)CCCCCCCCCCCCCCC. The first-order chi connectivity index (χ1) is 19.8. The second kappa shape index (κ2) is 34.6. The molecule has 0 aliphatic carbocycles. The molecule has 0 rings (SSSR count). The van der Waals surface area contributed by atoms with Crippen LogP contribution >= 0.6 is 0 Å². The Morgan fingerprint density at radius 1 is 0.425 bits per heavy atom. The molecule has 3 nitrogen and oxygen atoms in total. The van der Waals surface area contributed by atoms with Crippen molar-refractivity contribution >= 4 is 5.91 Å². The third-order valence-corrected chi connectivity index (χ3v) is 8.58. The molecule has 0 N–H and O–H groups in total. The molecule has 0 aromatic heterocycles. The van der Waals surface area contributed by atoms with E-state index in [2.05, 4.69) is 13.8 Å². The molecule has 0 fully saturated rings. The van der Waals surface area contributed by atoms with Gasteiger partial charge in [-0.3, -0.25) is 4.79 Å². The molecule has 0 aliphatic rings. The fraction of sp³-hybridized carbons (Fsp3) is 0.973. The molecule has 1 amide bonds. The van der Waals surface area contributed by atoms with Crippen molar-refractivity contribution in [2.45, 2.75) is 213 Å². The molecule has 0 saturated heterocycles. The Hall–Kier alpha value is -0.570. The number of unbranched alkanes of at least 4 members (excludes halogenated alkanes) is 27. The zero-order valence-corrected chi connectivity index (χ0v) is 28.1. The van der Waals surface area contributed by atoms with Crippen molar-refractivity contribution < 1.29 is 9.53 Å². The van der Waals surface area contributed by atoms with Crippen LogP contribution < -0.4 is 0 Å². The van der Waals surface area contributed by atoms with Crippen molar-refractivity contribution in [1.82, 2.24) is 4.90 Å². The molecule has 240 valence electrons. The Kier molecular flexibility index (Phi) is 34.1. The second-order valence-corrected chi connectivity index (χ2v) is 12.6. The maximum absolute atomic E-state index is 12.8. The largest absolute Gasteiger partial charge is 0.361 e. The molecule has 0 aliphatic heterocycles. The van der Waals surface area contributed by atoms with Gasteiger partial charge in [-0.15, -0.1) is 0 Å². The van der Waals surface area contributed by atoms with Crippen molar-refractivity contribution in [3.63, 3.8) is 0 Å². The molecular formula is C37H75NO2. The van der Waals surface area contributed by atoms with Crippen LogP contribution in [0.1, 0.15) is 213 Å². The van der Waals surface area contributed by atoms with Gasteiger partial charge in [-0.2, -0.15) is 0 Å². The number of ether oxygens (including phenoxy) is 1. The smallest absolute Gasteiger partial charge is 0.224 e. The summed E-state index contributed by atoms with van der Waals surface area (Å²) in [5, 5.41) is 0. The van der Waals surface area contributed by atoms with Crippen LogP contribution in [-0.2, 0) is 9.53 Å². The van der Waals surface area contributed by atoms with Crippen LogP contribution in [0.15, 0.2) is 0 Å². The Labute approximate surface area is 253 Å². The highest BCUT2D eigenvalue weighted by atomic mass is 16.5. The molecule has 0 radical (unpaired) electrons. The van der Waals surface area contributed by atoms with E-state index in [1.807, 2.05) is 11.8 Å². The molecule has 0 aromatic rings. The van der Waals surface area contributed by atoms with E-state index in [0.717, 1.165) is 19.4 Å². The number of amides is 1. The third kappa shape index (κ3) is 30.4. The molecule has 0 unspecified atom stereocenters. The van der Waals surface area contributed by atoms with Crippen LogP contribution in [0.2, 0.25) is 0 Å². The quantitative estimate of drug-likeness (QED) is 0.0573. The van der Waals surface area contributed by atoms with Gasteiger partial charge in [-0.25, -0.2) is 0 Å². The lowest BCUT2D eigenvalue weighted by atomic mass is 10.0. The average Bonchev–Trinajstić information content (AvgIpc) is 2.96. The van der Waals surface area contributed by atoms with E-state index >= 15 is 0 Å². The molecule has 0 spiro atoms. The van der Waals surface area contributed by atoms with Crippen molar-refractivity contribution in [2.75, 3.05) is 19.9 Å². The van der Waals surface area contributed by atoms with Gasteiger partial charge in [-0.1, -0.05) is 187 Å². The first-order valence-electron chi connectivity index (χ1n) is 18.6. The van der Waals surface area contributed by atoms with Crippen molar-refractivity contribution in [3.05, 3.63) is 0 Å². The van der Waals surface area contributed by atoms with E-state index in [9.17, 15) is 4.79 Å². The summed E-state index contributed by atoms with van der Waals surface area (Å²) in [5.74, 6) is 0.303. The van der Waals surface area contributed by atoms with Gasteiger partial charge in [0.1, 0.15) is 6.73 Å². The molecule has 40 heavy (non-hydrogen) atoms. The normalized spacial score (nSPS) is 11.4. The topological polar surface area (TPSA) is 29.5 Å².